The van der Waals surface area contributed by atoms with Gasteiger partial charge in [0.25, 0.3) is 15.9 Å². The molecule has 0 bridgehead atoms. The van der Waals surface area contributed by atoms with Crippen LogP contribution in [0.15, 0.2) is 76.7 Å². The first kappa shape index (κ1) is 25.6. The summed E-state index contributed by atoms with van der Waals surface area (Å²) in [6.45, 7) is 1.32. The Labute approximate surface area is 205 Å². The molecule has 1 amide bonds. The maximum Gasteiger partial charge on any atom is 0.264 e. The molecule has 0 aliphatic heterocycles. The van der Waals surface area contributed by atoms with Crippen LogP contribution in [0.2, 0.25) is 0 Å². The number of para-hydroxylation sites is 1. The lowest BCUT2D eigenvalue weighted by Gasteiger charge is -2.25. The van der Waals surface area contributed by atoms with E-state index < -0.39 is 22.5 Å². The fraction of sp³-hybridized carbons (Fsp3) is 0.200. The summed E-state index contributed by atoms with van der Waals surface area (Å²) >= 11 is 0. The number of nitrogens with one attached hydrogen (secondary N) is 1. The normalized spacial score (nSPS) is 11.2. The van der Waals surface area contributed by atoms with Gasteiger partial charge in [0.1, 0.15) is 6.54 Å². The smallest absolute Gasteiger partial charge is 0.264 e. The summed E-state index contributed by atoms with van der Waals surface area (Å²) in [4.78, 5) is 12.8. The van der Waals surface area contributed by atoms with E-state index in [1.807, 2.05) is 0 Å². The van der Waals surface area contributed by atoms with Gasteiger partial charge in [0.15, 0.2) is 11.5 Å². The number of benzene rings is 3. The highest BCUT2D eigenvalue weighted by Gasteiger charge is 2.28. The summed E-state index contributed by atoms with van der Waals surface area (Å²) in [5.41, 5.74) is 4.08. The van der Waals surface area contributed by atoms with Crippen molar-refractivity contribution in [2.24, 2.45) is 5.10 Å². The lowest BCUT2D eigenvalue weighted by atomic mass is 10.2. The molecular formula is C25H27N3O6S. The zero-order valence-corrected chi connectivity index (χ0v) is 20.7. The molecule has 0 aromatic heterocycles. The largest absolute Gasteiger partial charge is 0.493 e. The Morgan fingerprint density at radius 1 is 0.943 bits per heavy atom. The first-order valence-corrected chi connectivity index (χ1v) is 12.0. The first-order chi connectivity index (χ1) is 16.8. The molecule has 35 heavy (non-hydrogen) atoms. The van der Waals surface area contributed by atoms with E-state index in [9.17, 15) is 13.2 Å². The number of hydrogen-bond donors (Lipinski definition) is 1. The maximum absolute atomic E-state index is 13.4. The van der Waals surface area contributed by atoms with Gasteiger partial charge < -0.3 is 14.2 Å². The minimum atomic E-state index is -4.00. The number of rotatable bonds is 10. The van der Waals surface area contributed by atoms with Gasteiger partial charge in [-0.2, -0.15) is 5.10 Å². The molecule has 0 fully saturated rings. The number of carbonyl (C=O) groups is 1. The molecule has 1 N–H and O–H groups in total. The van der Waals surface area contributed by atoms with Gasteiger partial charge in [-0.1, -0.05) is 36.4 Å². The van der Waals surface area contributed by atoms with Crippen molar-refractivity contribution in [3.63, 3.8) is 0 Å². The molecule has 0 aliphatic carbocycles. The van der Waals surface area contributed by atoms with E-state index in [0.717, 1.165) is 4.31 Å². The molecule has 3 aromatic rings. The topological polar surface area (TPSA) is 107 Å². The van der Waals surface area contributed by atoms with Crippen LogP contribution >= 0.6 is 0 Å². The summed E-state index contributed by atoms with van der Waals surface area (Å²) in [5, 5.41) is 3.97. The summed E-state index contributed by atoms with van der Waals surface area (Å²) in [5.74, 6) is 0.672. The zero-order valence-electron chi connectivity index (χ0n) is 19.9. The summed E-state index contributed by atoms with van der Waals surface area (Å²) in [7, 11) is 0.484. The predicted octanol–water partition coefficient (Wildman–Crippen LogP) is 3.37. The van der Waals surface area contributed by atoms with Crippen LogP contribution in [0.4, 0.5) is 5.69 Å². The van der Waals surface area contributed by atoms with E-state index in [0.29, 0.717) is 34.1 Å². The Kier molecular flexibility index (Phi) is 8.32. The Morgan fingerprint density at radius 2 is 1.54 bits per heavy atom. The van der Waals surface area contributed by atoms with Crippen LogP contribution in [0, 0.1) is 6.92 Å². The van der Waals surface area contributed by atoms with Gasteiger partial charge in [0, 0.05) is 5.56 Å². The van der Waals surface area contributed by atoms with Crippen LogP contribution < -0.4 is 23.9 Å². The van der Waals surface area contributed by atoms with Crippen LogP contribution in [0.1, 0.15) is 11.1 Å². The summed E-state index contributed by atoms with van der Waals surface area (Å²) in [6.07, 6.45) is 1.40. The molecule has 3 aromatic carbocycles. The Bertz CT molecular complexity index is 1280. The number of hydrogen-bond acceptors (Lipinski definition) is 7. The highest BCUT2D eigenvalue weighted by Crippen LogP contribution is 2.37. The molecular weight excluding hydrogens is 470 g/mol. The van der Waals surface area contributed by atoms with Crippen molar-refractivity contribution in [3.05, 3.63) is 77.9 Å². The number of hydrazone groups is 1. The molecule has 0 heterocycles. The SMILES string of the molecule is COc1cc(/C=N\NC(=O)CN(c2ccccc2C)S(=O)(=O)c2ccccc2)cc(OC)c1OC. The third-order valence-electron chi connectivity index (χ3n) is 5.09. The van der Waals surface area contributed by atoms with Gasteiger partial charge in [-0.15, -0.1) is 0 Å². The van der Waals surface area contributed by atoms with E-state index in [1.54, 1.807) is 61.5 Å². The van der Waals surface area contributed by atoms with E-state index >= 15 is 0 Å². The first-order valence-electron chi connectivity index (χ1n) is 10.6. The molecule has 9 nitrogen and oxygen atoms in total. The highest BCUT2D eigenvalue weighted by atomic mass is 32.2. The fourth-order valence-corrected chi connectivity index (χ4v) is 4.89. The second-order valence-electron chi connectivity index (χ2n) is 7.36. The number of ether oxygens (including phenoxy) is 3. The minimum absolute atomic E-state index is 0.0805. The second-order valence-corrected chi connectivity index (χ2v) is 9.23. The Balaban J connectivity index is 1.84. The van der Waals surface area contributed by atoms with Crippen molar-refractivity contribution >= 4 is 27.8 Å². The number of methoxy groups -OCH3 is 3. The fourth-order valence-electron chi connectivity index (χ4n) is 3.38. The van der Waals surface area contributed by atoms with Crippen molar-refractivity contribution in [2.75, 3.05) is 32.2 Å². The van der Waals surface area contributed by atoms with Crippen LogP contribution in [0.5, 0.6) is 17.2 Å². The molecule has 0 atom stereocenters. The molecule has 0 saturated heterocycles. The van der Waals surface area contributed by atoms with Crippen molar-refractivity contribution in [1.82, 2.24) is 5.43 Å². The molecule has 3 rings (SSSR count). The van der Waals surface area contributed by atoms with Gasteiger partial charge in [0.2, 0.25) is 5.75 Å². The van der Waals surface area contributed by atoms with Crippen molar-refractivity contribution in [3.8, 4) is 17.2 Å². The van der Waals surface area contributed by atoms with Gasteiger partial charge >= 0.3 is 0 Å². The third kappa shape index (κ3) is 5.90. The average molecular weight is 498 g/mol. The molecule has 0 radical (unpaired) electrons. The van der Waals surface area contributed by atoms with Crippen molar-refractivity contribution in [1.29, 1.82) is 0 Å². The van der Waals surface area contributed by atoms with E-state index in [-0.39, 0.29) is 4.90 Å². The number of carbonyl (C=O) groups excluding carboxylic acids is 1. The van der Waals surface area contributed by atoms with E-state index in [2.05, 4.69) is 10.5 Å². The Hall–Kier alpha value is -4.05. The average Bonchev–Trinajstić information content (AvgIpc) is 2.87. The van der Waals surface area contributed by atoms with Gasteiger partial charge in [-0.25, -0.2) is 13.8 Å². The quantitative estimate of drug-likeness (QED) is 0.340. The van der Waals surface area contributed by atoms with Gasteiger partial charge in [-0.3, -0.25) is 9.10 Å². The second kappa shape index (κ2) is 11.4. The monoisotopic (exact) mass is 497 g/mol. The minimum Gasteiger partial charge on any atom is -0.493 e. The molecule has 0 spiro atoms. The van der Waals surface area contributed by atoms with Crippen LogP contribution in [-0.4, -0.2) is 48.4 Å². The molecule has 0 unspecified atom stereocenters. The Morgan fingerprint density at radius 3 is 2.11 bits per heavy atom. The van der Waals surface area contributed by atoms with Crippen molar-refractivity contribution in [2.45, 2.75) is 11.8 Å². The predicted molar refractivity (Wildman–Crippen MR) is 134 cm³/mol. The number of sulfonamides is 1. The number of amides is 1. The highest BCUT2D eigenvalue weighted by molar-refractivity contribution is 7.92. The number of aryl methyl sites for hydroxylation is 1. The molecule has 10 heteroatoms. The zero-order chi connectivity index (χ0) is 25.4. The molecule has 184 valence electrons. The lowest BCUT2D eigenvalue weighted by Crippen LogP contribution is -2.40. The summed E-state index contributed by atoms with van der Waals surface area (Å²) < 4.78 is 43.8. The molecule has 0 aliphatic rings. The van der Waals surface area contributed by atoms with E-state index in [1.165, 1.54) is 39.7 Å². The third-order valence-corrected chi connectivity index (χ3v) is 6.87. The van der Waals surface area contributed by atoms with Crippen LogP contribution in [0.25, 0.3) is 0 Å². The van der Waals surface area contributed by atoms with Gasteiger partial charge in [-0.05, 0) is 42.8 Å². The number of anilines is 1. The van der Waals surface area contributed by atoms with Crippen LogP contribution in [-0.2, 0) is 14.8 Å². The van der Waals surface area contributed by atoms with Crippen LogP contribution in [0.3, 0.4) is 0 Å². The standard InChI is InChI=1S/C25H27N3O6S/c1-18-10-8-9-13-21(18)28(35(30,31)20-11-6-5-7-12-20)17-24(29)27-26-16-19-14-22(32-2)25(34-4)23(15-19)33-3/h5-16H,17H2,1-4H3,(H,27,29)/b26-16-. The molecule has 0 saturated carbocycles. The van der Waals surface area contributed by atoms with Crippen molar-refractivity contribution < 1.29 is 27.4 Å². The maximum atomic E-state index is 13.4. The number of nitrogens with zero attached hydrogens (tertiary/aromatic N) is 2. The summed E-state index contributed by atoms with van der Waals surface area (Å²) in [6, 6.07) is 18.2. The van der Waals surface area contributed by atoms with E-state index in [4.69, 9.17) is 14.2 Å². The lowest BCUT2D eigenvalue weighted by molar-refractivity contribution is -0.119. The van der Waals surface area contributed by atoms with Gasteiger partial charge in [0.05, 0.1) is 38.1 Å².